The van der Waals surface area contributed by atoms with Crippen LogP contribution >= 0.6 is 35.5 Å². The number of nitrogens with zero attached hydrogens (tertiary/aromatic N) is 5. The van der Waals surface area contributed by atoms with Crippen molar-refractivity contribution in [3.63, 3.8) is 0 Å². The number of halogens is 1. The molecule has 0 saturated carbocycles. The summed E-state index contributed by atoms with van der Waals surface area (Å²) < 4.78 is 4.39. The van der Waals surface area contributed by atoms with E-state index in [-0.39, 0.29) is 24.0 Å². The van der Waals surface area contributed by atoms with Crippen LogP contribution in [0.5, 0.6) is 0 Å². The first-order valence-electron chi connectivity index (χ1n) is 8.78. The Morgan fingerprint density at radius 1 is 1.27 bits per heavy atom. The minimum absolute atomic E-state index is 0. The first-order chi connectivity index (χ1) is 12.2. The van der Waals surface area contributed by atoms with Gasteiger partial charge in [-0.25, -0.2) is 4.98 Å². The van der Waals surface area contributed by atoms with Crippen molar-refractivity contribution in [3.05, 3.63) is 41.2 Å². The van der Waals surface area contributed by atoms with Crippen LogP contribution in [0.25, 0.3) is 0 Å². The van der Waals surface area contributed by atoms with Gasteiger partial charge in [-0.3, -0.25) is 4.99 Å². The van der Waals surface area contributed by atoms with E-state index in [1.54, 1.807) is 0 Å². The summed E-state index contributed by atoms with van der Waals surface area (Å²) in [5.74, 6) is 1.91. The summed E-state index contributed by atoms with van der Waals surface area (Å²) in [5, 5.41) is 4.52. The second kappa shape index (κ2) is 10.1. The first kappa shape index (κ1) is 20.9. The maximum Gasteiger partial charge on any atom is 0.205 e. The molecular weight excluding hydrogens is 459 g/mol. The summed E-state index contributed by atoms with van der Waals surface area (Å²) in [6, 6.07) is 8.57. The van der Waals surface area contributed by atoms with E-state index < -0.39 is 0 Å². The highest BCUT2D eigenvalue weighted by molar-refractivity contribution is 14.0. The SMILES string of the molecule is CCc1nsc(N2CCN(C(=NC)NCc3cccc(C)c3)CC2)n1.I. The Bertz CT molecular complexity index is 724. The Labute approximate surface area is 176 Å². The van der Waals surface area contributed by atoms with Crippen molar-refractivity contribution >= 4 is 46.6 Å². The van der Waals surface area contributed by atoms with Gasteiger partial charge in [-0.2, -0.15) is 4.37 Å². The largest absolute Gasteiger partial charge is 0.352 e. The van der Waals surface area contributed by atoms with Crippen LogP contribution in [-0.2, 0) is 13.0 Å². The van der Waals surface area contributed by atoms with Crippen LogP contribution in [0.2, 0.25) is 0 Å². The number of hydrogen-bond acceptors (Lipinski definition) is 5. The van der Waals surface area contributed by atoms with Gasteiger partial charge in [-0.15, -0.1) is 24.0 Å². The van der Waals surface area contributed by atoms with Gasteiger partial charge >= 0.3 is 0 Å². The zero-order chi connectivity index (χ0) is 17.6. The Balaban J connectivity index is 0.00000243. The number of anilines is 1. The van der Waals surface area contributed by atoms with E-state index in [1.807, 2.05) is 7.05 Å². The highest BCUT2D eigenvalue weighted by Crippen LogP contribution is 2.19. The molecule has 3 rings (SSSR count). The average Bonchev–Trinajstić information content (AvgIpc) is 3.12. The predicted molar refractivity (Wildman–Crippen MR) is 120 cm³/mol. The predicted octanol–water partition coefficient (Wildman–Crippen LogP) is 2.92. The summed E-state index contributed by atoms with van der Waals surface area (Å²) in [6.07, 6.45) is 0.895. The average molecular weight is 486 g/mol. The molecule has 1 saturated heterocycles. The van der Waals surface area contributed by atoms with E-state index in [0.29, 0.717) is 0 Å². The molecule has 6 nitrogen and oxygen atoms in total. The quantitative estimate of drug-likeness (QED) is 0.409. The van der Waals surface area contributed by atoms with Crippen LogP contribution in [0.15, 0.2) is 29.3 Å². The lowest BCUT2D eigenvalue weighted by Gasteiger charge is -2.36. The van der Waals surface area contributed by atoms with Crippen molar-refractivity contribution in [2.75, 3.05) is 38.1 Å². The van der Waals surface area contributed by atoms with E-state index in [0.717, 1.165) is 56.1 Å². The molecule has 0 atom stereocenters. The van der Waals surface area contributed by atoms with Gasteiger partial charge in [-0.1, -0.05) is 36.8 Å². The van der Waals surface area contributed by atoms with Crippen molar-refractivity contribution in [1.29, 1.82) is 0 Å². The molecule has 0 radical (unpaired) electrons. The monoisotopic (exact) mass is 486 g/mol. The number of rotatable bonds is 4. The van der Waals surface area contributed by atoms with Crippen LogP contribution in [0.4, 0.5) is 5.13 Å². The van der Waals surface area contributed by atoms with Gasteiger partial charge in [0.15, 0.2) is 5.96 Å². The third-order valence-electron chi connectivity index (χ3n) is 4.37. The fourth-order valence-corrected chi connectivity index (χ4v) is 3.76. The van der Waals surface area contributed by atoms with E-state index in [9.17, 15) is 0 Å². The first-order valence-corrected chi connectivity index (χ1v) is 9.55. The summed E-state index contributed by atoms with van der Waals surface area (Å²) in [4.78, 5) is 13.7. The lowest BCUT2D eigenvalue weighted by atomic mass is 10.1. The number of nitrogens with one attached hydrogen (secondary N) is 1. The van der Waals surface area contributed by atoms with E-state index in [2.05, 4.69) is 67.6 Å². The molecule has 1 aromatic carbocycles. The molecular formula is C18H27IN6S. The molecule has 1 aromatic heterocycles. The summed E-state index contributed by atoms with van der Waals surface area (Å²) in [6.45, 7) is 8.78. The van der Waals surface area contributed by atoms with E-state index in [4.69, 9.17) is 0 Å². The van der Waals surface area contributed by atoms with Crippen molar-refractivity contribution in [3.8, 4) is 0 Å². The zero-order valence-electron chi connectivity index (χ0n) is 15.6. The Morgan fingerprint density at radius 3 is 2.65 bits per heavy atom. The van der Waals surface area contributed by atoms with Crippen LogP contribution in [0, 0.1) is 6.92 Å². The molecule has 0 unspecified atom stereocenters. The van der Waals surface area contributed by atoms with Crippen molar-refractivity contribution < 1.29 is 0 Å². The molecule has 0 aliphatic carbocycles. The van der Waals surface area contributed by atoms with Crippen molar-refractivity contribution in [2.24, 2.45) is 4.99 Å². The summed E-state index contributed by atoms with van der Waals surface area (Å²) in [5.41, 5.74) is 2.56. The molecule has 142 valence electrons. The van der Waals surface area contributed by atoms with Gasteiger partial charge in [0.2, 0.25) is 5.13 Å². The number of hydrogen-bond donors (Lipinski definition) is 1. The number of aliphatic imine (C=N–C) groups is 1. The molecule has 26 heavy (non-hydrogen) atoms. The molecule has 0 spiro atoms. The second-order valence-corrected chi connectivity index (χ2v) is 6.94. The van der Waals surface area contributed by atoms with Crippen LogP contribution < -0.4 is 10.2 Å². The minimum atomic E-state index is 0. The van der Waals surface area contributed by atoms with Gasteiger partial charge in [0.25, 0.3) is 0 Å². The lowest BCUT2D eigenvalue weighted by molar-refractivity contribution is 0.372. The minimum Gasteiger partial charge on any atom is -0.352 e. The highest BCUT2D eigenvalue weighted by Gasteiger charge is 2.21. The molecule has 1 aliphatic rings. The Kier molecular flexibility index (Phi) is 8.08. The molecule has 1 N–H and O–H groups in total. The summed E-state index contributed by atoms with van der Waals surface area (Å²) in [7, 11) is 1.85. The molecule has 8 heteroatoms. The maximum atomic E-state index is 4.60. The third kappa shape index (κ3) is 5.29. The molecule has 2 aromatic rings. The summed E-state index contributed by atoms with van der Waals surface area (Å²) >= 11 is 1.51. The van der Waals surface area contributed by atoms with E-state index >= 15 is 0 Å². The van der Waals surface area contributed by atoms with Gasteiger partial charge in [0.1, 0.15) is 5.82 Å². The highest BCUT2D eigenvalue weighted by atomic mass is 127. The van der Waals surface area contributed by atoms with Gasteiger partial charge in [-0.05, 0) is 12.5 Å². The second-order valence-electron chi connectivity index (χ2n) is 6.21. The Morgan fingerprint density at radius 2 is 2.04 bits per heavy atom. The topological polar surface area (TPSA) is 56.7 Å². The van der Waals surface area contributed by atoms with Crippen LogP contribution in [0.3, 0.4) is 0 Å². The van der Waals surface area contributed by atoms with Crippen molar-refractivity contribution in [2.45, 2.75) is 26.8 Å². The van der Waals surface area contributed by atoms with Gasteiger partial charge < -0.3 is 15.1 Å². The van der Waals surface area contributed by atoms with Gasteiger partial charge in [0.05, 0.1) is 0 Å². The number of guanidine groups is 1. The maximum absolute atomic E-state index is 4.60. The molecule has 0 amide bonds. The standard InChI is InChI=1S/C18H26N6S.HI/c1-4-16-21-18(25-22-16)24-10-8-23(9-11-24)17(19-3)20-13-15-7-5-6-14(2)12-15;/h5-7,12H,4,8-11,13H2,1-3H3,(H,19,20);1H. The number of benzene rings is 1. The van der Waals surface area contributed by atoms with Crippen molar-refractivity contribution in [1.82, 2.24) is 19.6 Å². The molecule has 0 bridgehead atoms. The number of aryl methyl sites for hydroxylation is 2. The van der Waals surface area contributed by atoms with Crippen LogP contribution in [-0.4, -0.2) is 53.4 Å². The number of aromatic nitrogens is 2. The van der Waals surface area contributed by atoms with Crippen LogP contribution in [0.1, 0.15) is 23.9 Å². The zero-order valence-corrected chi connectivity index (χ0v) is 18.8. The molecule has 1 fully saturated rings. The van der Waals surface area contributed by atoms with Gasteiger partial charge in [0, 0.05) is 57.7 Å². The van der Waals surface area contributed by atoms with E-state index in [1.165, 1.54) is 22.7 Å². The normalized spacial score (nSPS) is 15.0. The fraction of sp³-hybridized carbons (Fsp3) is 0.500. The molecule has 2 heterocycles. The smallest absolute Gasteiger partial charge is 0.205 e. The fourth-order valence-electron chi connectivity index (χ4n) is 2.96. The Hall–Kier alpha value is -1.42. The third-order valence-corrected chi connectivity index (χ3v) is 5.18. The lowest BCUT2D eigenvalue weighted by Crippen LogP contribution is -2.52. The molecule has 1 aliphatic heterocycles. The number of piperazine rings is 1.